The summed E-state index contributed by atoms with van der Waals surface area (Å²) in [5, 5.41) is 8.73. The average Bonchev–Trinajstić information content (AvgIpc) is 2.70. The maximum atomic E-state index is 10.6. The number of aliphatic carboxylic acids is 1. The highest BCUT2D eigenvalue weighted by Crippen LogP contribution is 2.35. The van der Waals surface area contributed by atoms with Crippen molar-refractivity contribution in [2.75, 3.05) is 0 Å². The molecule has 11 heavy (non-hydrogen) atoms. The topological polar surface area (TPSA) is 37.3 Å². The van der Waals surface area contributed by atoms with E-state index in [-0.39, 0.29) is 5.92 Å². The molecule has 2 heteroatoms. The first-order valence-electron chi connectivity index (χ1n) is 4.09. The summed E-state index contributed by atoms with van der Waals surface area (Å²) in [6, 6.07) is 0. The van der Waals surface area contributed by atoms with Crippen LogP contribution in [0.15, 0.2) is 12.2 Å². The molecule has 62 valence electrons. The lowest BCUT2D eigenvalue weighted by Gasteiger charge is -2.04. The zero-order valence-electron chi connectivity index (χ0n) is 6.79. The van der Waals surface area contributed by atoms with Gasteiger partial charge in [-0.05, 0) is 19.3 Å². The third-order valence-electron chi connectivity index (χ3n) is 2.03. The smallest absolute Gasteiger partial charge is 0.310 e. The Kier molecular flexibility index (Phi) is 2.69. The first-order chi connectivity index (χ1) is 5.24. The minimum absolute atomic E-state index is 0.243. The molecule has 0 amide bonds. The molecule has 2 nitrogen and oxygen atoms in total. The van der Waals surface area contributed by atoms with Crippen LogP contribution in [-0.4, -0.2) is 11.1 Å². The maximum Gasteiger partial charge on any atom is 0.310 e. The molecule has 0 saturated heterocycles. The quantitative estimate of drug-likeness (QED) is 0.629. The first-order valence-corrected chi connectivity index (χ1v) is 4.09. The van der Waals surface area contributed by atoms with Crippen LogP contribution in [0.25, 0.3) is 0 Å². The predicted molar refractivity (Wildman–Crippen MR) is 43.3 cm³/mol. The van der Waals surface area contributed by atoms with Crippen LogP contribution >= 0.6 is 0 Å². The fourth-order valence-electron chi connectivity index (χ4n) is 1.21. The Morgan fingerprint density at radius 1 is 1.73 bits per heavy atom. The predicted octanol–water partition coefficient (Wildman–Crippen LogP) is 2.06. The minimum atomic E-state index is -0.685. The molecule has 0 aromatic heterocycles. The summed E-state index contributed by atoms with van der Waals surface area (Å²) >= 11 is 0. The first kappa shape index (κ1) is 8.31. The fraction of sp³-hybridized carbons (Fsp3) is 0.667. The molecule has 1 unspecified atom stereocenters. The Hall–Kier alpha value is -0.790. The second kappa shape index (κ2) is 3.56. The summed E-state index contributed by atoms with van der Waals surface area (Å²) in [6.07, 6.45) is 6.88. The van der Waals surface area contributed by atoms with Crippen LogP contribution in [0.2, 0.25) is 0 Å². The van der Waals surface area contributed by atoms with Crippen LogP contribution in [0.5, 0.6) is 0 Å². The van der Waals surface area contributed by atoms with E-state index in [9.17, 15) is 4.79 Å². The minimum Gasteiger partial charge on any atom is -0.481 e. The Bertz CT molecular complexity index is 168. The summed E-state index contributed by atoms with van der Waals surface area (Å²) in [6.45, 7) is 1.86. The van der Waals surface area contributed by atoms with Gasteiger partial charge in [-0.2, -0.15) is 0 Å². The molecule has 0 aliphatic heterocycles. The van der Waals surface area contributed by atoms with Crippen molar-refractivity contribution in [2.45, 2.75) is 26.2 Å². The number of hydrogen-bond acceptors (Lipinski definition) is 1. The van der Waals surface area contributed by atoms with E-state index < -0.39 is 5.97 Å². The fourth-order valence-corrected chi connectivity index (χ4v) is 1.21. The van der Waals surface area contributed by atoms with E-state index in [4.69, 9.17) is 5.11 Å². The van der Waals surface area contributed by atoms with Crippen molar-refractivity contribution in [3.05, 3.63) is 12.2 Å². The van der Waals surface area contributed by atoms with E-state index >= 15 is 0 Å². The molecule has 1 aliphatic rings. The van der Waals surface area contributed by atoms with Gasteiger partial charge in [0.15, 0.2) is 0 Å². The number of carboxylic acids is 1. The highest BCUT2D eigenvalue weighted by molar-refractivity contribution is 5.72. The molecular formula is C9H14O2. The van der Waals surface area contributed by atoms with Crippen molar-refractivity contribution in [3.8, 4) is 0 Å². The summed E-state index contributed by atoms with van der Waals surface area (Å²) < 4.78 is 0. The Balaban J connectivity index is 2.37. The van der Waals surface area contributed by atoms with Crippen LogP contribution in [0, 0.1) is 11.8 Å². The van der Waals surface area contributed by atoms with Gasteiger partial charge >= 0.3 is 5.97 Å². The van der Waals surface area contributed by atoms with E-state index in [1.54, 1.807) is 6.08 Å². The lowest BCUT2D eigenvalue weighted by molar-refractivity contribution is -0.140. The van der Waals surface area contributed by atoms with Gasteiger partial charge in [-0.3, -0.25) is 4.79 Å². The SMILES string of the molecule is CC=CC(CC1CC1)C(=O)O. The van der Waals surface area contributed by atoms with Crippen LogP contribution in [0.4, 0.5) is 0 Å². The molecular weight excluding hydrogens is 140 g/mol. The van der Waals surface area contributed by atoms with Crippen LogP contribution < -0.4 is 0 Å². The van der Waals surface area contributed by atoms with Crippen molar-refractivity contribution in [3.63, 3.8) is 0 Å². The zero-order valence-corrected chi connectivity index (χ0v) is 6.79. The monoisotopic (exact) mass is 154 g/mol. The molecule has 0 bridgehead atoms. The molecule has 1 N–H and O–H groups in total. The van der Waals surface area contributed by atoms with Crippen LogP contribution in [-0.2, 0) is 4.79 Å². The van der Waals surface area contributed by atoms with Crippen LogP contribution in [0.1, 0.15) is 26.2 Å². The number of rotatable bonds is 4. The van der Waals surface area contributed by atoms with Gasteiger partial charge in [-0.1, -0.05) is 25.0 Å². The van der Waals surface area contributed by atoms with Crippen molar-refractivity contribution < 1.29 is 9.90 Å². The lowest BCUT2D eigenvalue weighted by Crippen LogP contribution is -2.11. The molecule has 0 radical (unpaired) electrons. The Morgan fingerprint density at radius 3 is 2.73 bits per heavy atom. The molecule has 0 aromatic carbocycles. The van der Waals surface area contributed by atoms with Crippen molar-refractivity contribution in [1.29, 1.82) is 0 Å². The Labute approximate surface area is 66.9 Å². The highest BCUT2D eigenvalue weighted by Gasteiger charge is 2.27. The molecule has 1 fully saturated rings. The largest absolute Gasteiger partial charge is 0.481 e. The van der Waals surface area contributed by atoms with Gasteiger partial charge in [0.1, 0.15) is 0 Å². The lowest BCUT2D eigenvalue weighted by atomic mass is 10.0. The second-order valence-corrected chi connectivity index (χ2v) is 3.15. The average molecular weight is 154 g/mol. The van der Waals surface area contributed by atoms with E-state index in [0.717, 1.165) is 6.42 Å². The number of carbonyl (C=O) groups is 1. The van der Waals surface area contributed by atoms with Gasteiger partial charge in [0.25, 0.3) is 0 Å². The van der Waals surface area contributed by atoms with Gasteiger partial charge in [-0.25, -0.2) is 0 Å². The van der Waals surface area contributed by atoms with Gasteiger partial charge in [0.2, 0.25) is 0 Å². The second-order valence-electron chi connectivity index (χ2n) is 3.15. The van der Waals surface area contributed by atoms with E-state index in [1.165, 1.54) is 12.8 Å². The van der Waals surface area contributed by atoms with E-state index in [0.29, 0.717) is 5.92 Å². The van der Waals surface area contributed by atoms with E-state index in [1.807, 2.05) is 13.0 Å². The van der Waals surface area contributed by atoms with Gasteiger partial charge in [0, 0.05) is 0 Å². The van der Waals surface area contributed by atoms with Gasteiger partial charge < -0.3 is 5.11 Å². The number of carboxylic acid groups (broad SMARTS) is 1. The maximum absolute atomic E-state index is 10.6. The van der Waals surface area contributed by atoms with Crippen molar-refractivity contribution >= 4 is 5.97 Å². The molecule has 1 rings (SSSR count). The third kappa shape index (κ3) is 2.74. The number of allylic oxidation sites excluding steroid dienone is 1. The normalized spacial score (nSPS) is 20.5. The molecule has 1 atom stereocenters. The van der Waals surface area contributed by atoms with Crippen LogP contribution in [0.3, 0.4) is 0 Å². The highest BCUT2D eigenvalue weighted by atomic mass is 16.4. The third-order valence-corrected chi connectivity index (χ3v) is 2.03. The summed E-state index contributed by atoms with van der Waals surface area (Å²) in [4.78, 5) is 10.6. The van der Waals surface area contributed by atoms with Gasteiger partial charge in [0.05, 0.1) is 5.92 Å². The van der Waals surface area contributed by atoms with E-state index in [2.05, 4.69) is 0 Å². The molecule has 0 heterocycles. The standard InChI is InChI=1S/C9H14O2/c1-2-3-8(9(10)11)6-7-4-5-7/h2-3,7-8H,4-6H2,1H3,(H,10,11). The summed E-state index contributed by atoms with van der Waals surface area (Å²) in [5.74, 6) is -0.241. The van der Waals surface area contributed by atoms with Crippen molar-refractivity contribution in [1.82, 2.24) is 0 Å². The molecule has 0 spiro atoms. The summed E-state index contributed by atoms with van der Waals surface area (Å²) in [7, 11) is 0. The molecule has 1 aliphatic carbocycles. The van der Waals surface area contributed by atoms with Gasteiger partial charge in [-0.15, -0.1) is 0 Å². The summed E-state index contributed by atoms with van der Waals surface area (Å²) in [5.41, 5.74) is 0. The Morgan fingerprint density at radius 2 is 2.36 bits per heavy atom. The molecule has 0 aromatic rings. The van der Waals surface area contributed by atoms with Crippen molar-refractivity contribution in [2.24, 2.45) is 11.8 Å². The number of hydrogen-bond donors (Lipinski definition) is 1. The zero-order chi connectivity index (χ0) is 8.27. The molecule has 1 saturated carbocycles.